The van der Waals surface area contributed by atoms with Gasteiger partial charge < -0.3 is 10.2 Å². The van der Waals surface area contributed by atoms with Crippen molar-refractivity contribution in [2.24, 2.45) is 0 Å². The number of hydrogen-bond acceptors (Lipinski definition) is 3. The number of ketones is 1. The van der Waals surface area contributed by atoms with Crippen LogP contribution in [0.15, 0.2) is 48.7 Å². The number of nitrogens with one attached hydrogen (secondary N) is 1. The summed E-state index contributed by atoms with van der Waals surface area (Å²) >= 11 is 0. The van der Waals surface area contributed by atoms with Gasteiger partial charge in [-0.3, -0.25) is 14.4 Å². The van der Waals surface area contributed by atoms with Crippen LogP contribution in [-0.2, 0) is 28.5 Å². The molecule has 1 fully saturated rings. The van der Waals surface area contributed by atoms with E-state index >= 15 is 0 Å². The van der Waals surface area contributed by atoms with Crippen LogP contribution in [0.4, 0.5) is 17.6 Å². The quantitative estimate of drug-likeness (QED) is 0.663. The lowest BCUT2D eigenvalue weighted by molar-refractivity contribution is -0.145. The molecule has 9 heteroatoms. The Morgan fingerprint density at radius 1 is 1.15 bits per heavy atom. The van der Waals surface area contributed by atoms with Gasteiger partial charge in [-0.2, -0.15) is 8.78 Å². The zero-order chi connectivity index (χ0) is 23.9. The fraction of sp³-hybridized carbons (Fsp3) is 0.292. The van der Waals surface area contributed by atoms with E-state index in [1.807, 2.05) is 0 Å². The number of carbonyl (C=O) groups excluding carboxylic acids is 3. The summed E-state index contributed by atoms with van der Waals surface area (Å²) < 4.78 is 56.4. The molecule has 2 aliphatic rings. The predicted molar refractivity (Wildman–Crippen MR) is 110 cm³/mol. The number of fused-ring (bicyclic) bond motifs is 1. The summed E-state index contributed by atoms with van der Waals surface area (Å²) in [6.07, 6.45) is 0.258. The smallest absolute Gasteiger partial charge is 0.329 e. The van der Waals surface area contributed by atoms with Gasteiger partial charge in [-0.15, -0.1) is 0 Å². The van der Waals surface area contributed by atoms with E-state index in [-0.39, 0.29) is 24.8 Å². The molecule has 1 atom stereocenters. The molecule has 2 aromatic carbocycles. The minimum atomic E-state index is -4.31. The molecule has 2 aliphatic heterocycles. The average molecular weight is 460 g/mol. The fourth-order valence-corrected chi connectivity index (χ4v) is 4.22. The third kappa shape index (κ3) is 4.15. The fourth-order valence-electron chi connectivity index (χ4n) is 4.22. The number of hydrogen-bond donors (Lipinski definition) is 1. The van der Waals surface area contributed by atoms with E-state index in [1.165, 1.54) is 17.0 Å². The van der Waals surface area contributed by atoms with Gasteiger partial charge in [0.25, 0.3) is 5.91 Å². The van der Waals surface area contributed by atoms with E-state index in [9.17, 15) is 31.9 Å². The van der Waals surface area contributed by atoms with Crippen LogP contribution in [-0.4, -0.2) is 28.5 Å². The molecule has 0 spiro atoms. The second kappa shape index (κ2) is 8.46. The van der Waals surface area contributed by atoms with Crippen molar-refractivity contribution in [1.82, 2.24) is 10.2 Å². The molecular formula is C24H20F4N2O3. The van der Waals surface area contributed by atoms with Crippen LogP contribution in [0.2, 0.25) is 0 Å². The lowest BCUT2D eigenvalue weighted by Gasteiger charge is -2.30. The first kappa shape index (κ1) is 22.7. The molecule has 33 heavy (non-hydrogen) atoms. The molecule has 1 unspecified atom stereocenters. The molecule has 0 aromatic heterocycles. The lowest BCUT2D eigenvalue weighted by atomic mass is 9.97. The molecule has 1 N–H and O–H groups in total. The Kier molecular flexibility index (Phi) is 5.82. The molecule has 4 rings (SSSR count). The van der Waals surface area contributed by atoms with Crippen LogP contribution < -0.4 is 5.32 Å². The second-order valence-corrected chi connectivity index (χ2v) is 8.17. The largest absolute Gasteiger partial charge is 0.336 e. The third-order valence-corrected chi connectivity index (χ3v) is 5.97. The highest BCUT2D eigenvalue weighted by molar-refractivity contribution is 6.01. The summed E-state index contributed by atoms with van der Waals surface area (Å²) in [6, 6.07) is 6.36. The van der Waals surface area contributed by atoms with Gasteiger partial charge in [0.05, 0.1) is 0 Å². The zero-order valence-corrected chi connectivity index (χ0v) is 17.5. The van der Waals surface area contributed by atoms with E-state index in [2.05, 4.69) is 11.9 Å². The Morgan fingerprint density at radius 3 is 2.52 bits per heavy atom. The molecule has 172 valence electrons. The SMILES string of the molecule is C=C1CCC(N2Cc3cc(CCC(=O)C(F)(F)c4c(F)cccc4F)ccc3C2=O)C(=O)N1. The number of carbonyl (C=O) groups is 3. The monoisotopic (exact) mass is 460 g/mol. The maximum Gasteiger partial charge on any atom is 0.336 e. The molecule has 0 saturated carbocycles. The van der Waals surface area contributed by atoms with E-state index in [0.717, 1.165) is 6.07 Å². The second-order valence-electron chi connectivity index (χ2n) is 8.17. The number of halogens is 4. The van der Waals surface area contributed by atoms with E-state index in [1.54, 1.807) is 6.07 Å². The Bertz CT molecular complexity index is 1160. The number of benzene rings is 2. The van der Waals surface area contributed by atoms with E-state index < -0.39 is 41.4 Å². The molecule has 0 bridgehead atoms. The maximum atomic E-state index is 14.4. The van der Waals surface area contributed by atoms with Gasteiger partial charge in [-0.25, -0.2) is 8.78 Å². The number of rotatable bonds is 6. The van der Waals surface area contributed by atoms with Gasteiger partial charge in [0.2, 0.25) is 11.7 Å². The van der Waals surface area contributed by atoms with E-state index in [0.29, 0.717) is 47.4 Å². The molecule has 1 saturated heterocycles. The molecule has 2 amide bonds. The maximum absolute atomic E-state index is 14.4. The van der Waals surface area contributed by atoms with Crippen molar-refractivity contribution in [3.05, 3.63) is 82.6 Å². The van der Waals surface area contributed by atoms with Gasteiger partial charge in [0.15, 0.2) is 0 Å². The van der Waals surface area contributed by atoms with Crippen molar-refractivity contribution >= 4 is 17.6 Å². The van der Waals surface area contributed by atoms with Crippen LogP contribution in [0.1, 0.15) is 46.3 Å². The highest BCUT2D eigenvalue weighted by Crippen LogP contribution is 2.35. The van der Waals surface area contributed by atoms with Crippen LogP contribution in [0.3, 0.4) is 0 Å². The molecular weight excluding hydrogens is 440 g/mol. The minimum absolute atomic E-state index is 0.101. The molecule has 2 heterocycles. The summed E-state index contributed by atoms with van der Waals surface area (Å²) in [7, 11) is 0. The third-order valence-electron chi connectivity index (χ3n) is 5.97. The zero-order valence-electron chi connectivity index (χ0n) is 17.5. The average Bonchev–Trinajstić information content (AvgIpc) is 3.07. The summed E-state index contributed by atoms with van der Waals surface area (Å²) in [5, 5.41) is 2.64. The number of piperidine rings is 1. The van der Waals surface area contributed by atoms with Gasteiger partial charge in [-0.1, -0.05) is 24.8 Å². The number of Topliss-reactive ketones (excluding diaryl/α,β-unsaturated/α-hetero) is 1. The molecule has 2 aromatic rings. The van der Waals surface area contributed by atoms with Crippen molar-refractivity contribution in [1.29, 1.82) is 0 Å². The van der Waals surface area contributed by atoms with Gasteiger partial charge in [-0.05, 0) is 48.6 Å². The summed E-state index contributed by atoms with van der Waals surface area (Å²) in [5.74, 6) is -9.50. The van der Waals surface area contributed by atoms with Gasteiger partial charge >= 0.3 is 5.92 Å². The van der Waals surface area contributed by atoms with Gasteiger partial charge in [0.1, 0.15) is 23.2 Å². The van der Waals surface area contributed by atoms with Crippen LogP contribution in [0.25, 0.3) is 0 Å². The summed E-state index contributed by atoms with van der Waals surface area (Å²) in [4.78, 5) is 38.6. The standard InChI is InChI=1S/C24H20F4N2O3/c1-13-5-9-19(22(32)29-13)30-12-15-11-14(6-8-16(15)23(30)33)7-10-20(31)24(27,28)21-17(25)3-2-4-18(21)26/h2-4,6,8,11,19H,1,5,7,9-10,12H2,(H,29,32). The van der Waals surface area contributed by atoms with Crippen molar-refractivity contribution in [2.75, 3.05) is 0 Å². The number of nitrogens with zero attached hydrogens (tertiary/aromatic N) is 1. The van der Waals surface area contributed by atoms with Crippen LogP contribution >= 0.6 is 0 Å². The molecule has 0 radical (unpaired) electrons. The first-order chi connectivity index (χ1) is 15.6. The van der Waals surface area contributed by atoms with E-state index in [4.69, 9.17) is 0 Å². The molecule has 0 aliphatic carbocycles. The minimum Gasteiger partial charge on any atom is -0.329 e. The number of aryl methyl sites for hydroxylation is 1. The normalized spacial score (nSPS) is 18.4. The Balaban J connectivity index is 1.46. The van der Waals surface area contributed by atoms with Crippen molar-refractivity contribution < 1.29 is 31.9 Å². The topological polar surface area (TPSA) is 66.5 Å². The highest BCUT2D eigenvalue weighted by atomic mass is 19.3. The number of allylic oxidation sites excluding steroid dienone is 1. The van der Waals surface area contributed by atoms with Crippen molar-refractivity contribution in [2.45, 2.75) is 44.2 Å². The Morgan fingerprint density at radius 2 is 1.85 bits per heavy atom. The van der Waals surface area contributed by atoms with Gasteiger partial charge in [0, 0.05) is 24.2 Å². The van der Waals surface area contributed by atoms with Crippen molar-refractivity contribution in [3.63, 3.8) is 0 Å². The van der Waals surface area contributed by atoms with Crippen LogP contribution in [0.5, 0.6) is 0 Å². The summed E-state index contributed by atoms with van der Waals surface area (Å²) in [6.45, 7) is 3.90. The number of amides is 2. The first-order valence-electron chi connectivity index (χ1n) is 10.4. The van der Waals surface area contributed by atoms with Crippen LogP contribution in [0, 0.1) is 11.6 Å². The molecule has 5 nitrogen and oxygen atoms in total. The van der Waals surface area contributed by atoms with Crippen molar-refractivity contribution in [3.8, 4) is 0 Å². The predicted octanol–water partition coefficient (Wildman–Crippen LogP) is 4.01. The number of alkyl halides is 2. The Hall–Kier alpha value is -3.49. The lowest BCUT2D eigenvalue weighted by Crippen LogP contribution is -2.49. The highest BCUT2D eigenvalue weighted by Gasteiger charge is 2.44. The first-order valence-corrected chi connectivity index (χ1v) is 10.4. The Labute approximate surface area is 187 Å². The summed E-state index contributed by atoms with van der Waals surface area (Å²) in [5.41, 5.74) is 0.580.